The number of amides is 2. The first-order valence-corrected chi connectivity index (χ1v) is 7.89. The normalized spacial score (nSPS) is 11.4. The molecular formula is C19H22N2O4. The molecule has 6 heteroatoms. The van der Waals surface area contributed by atoms with Crippen molar-refractivity contribution in [3.63, 3.8) is 0 Å². The van der Waals surface area contributed by atoms with Crippen LogP contribution >= 0.6 is 0 Å². The van der Waals surface area contributed by atoms with E-state index in [0.29, 0.717) is 17.1 Å². The fourth-order valence-electron chi connectivity index (χ4n) is 2.15. The van der Waals surface area contributed by atoms with Crippen molar-refractivity contribution in [2.45, 2.75) is 26.9 Å². The third-order valence-corrected chi connectivity index (χ3v) is 3.86. The predicted octanol–water partition coefficient (Wildman–Crippen LogP) is 2.54. The Kier molecular flexibility index (Phi) is 6.00. The van der Waals surface area contributed by atoms with Crippen LogP contribution in [0.1, 0.15) is 28.4 Å². The van der Waals surface area contributed by atoms with Gasteiger partial charge < -0.3 is 9.47 Å². The van der Waals surface area contributed by atoms with Crippen LogP contribution in [0.15, 0.2) is 42.5 Å². The van der Waals surface area contributed by atoms with Gasteiger partial charge in [0.25, 0.3) is 11.8 Å². The van der Waals surface area contributed by atoms with E-state index in [1.54, 1.807) is 37.3 Å². The summed E-state index contributed by atoms with van der Waals surface area (Å²) in [5, 5.41) is 0. The van der Waals surface area contributed by atoms with Gasteiger partial charge in [-0.3, -0.25) is 20.4 Å². The van der Waals surface area contributed by atoms with E-state index >= 15 is 0 Å². The second-order valence-corrected chi connectivity index (χ2v) is 5.63. The predicted molar refractivity (Wildman–Crippen MR) is 94.6 cm³/mol. The molecule has 2 aromatic carbocycles. The quantitative estimate of drug-likeness (QED) is 0.819. The summed E-state index contributed by atoms with van der Waals surface area (Å²) in [6.07, 6.45) is -0.758. The molecule has 0 aromatic heterocycles. The lowest BCUT2D eigenvalue weighted by atomic mass is 10.1. The summed E-state index contributed by atoms with van der Waals surface area (Å²) in [4.78, 5) is 24.2. The Morgan fingerprint density at radius 1 is 1.04 bits per heavy atom. The summed E-state index contributed by atoms with van der Waals surface area (Å²) >= 11 is 0. The number of aryl methyl sites for hydroxylation is 1. The maximum Gasteiger partial charge on any atom is 0.279 e. The van der Waals surface area contributed by atoms with Crippen LogP contribution in [0.4, 0.5) is 0 Å². The minimum Gasteiger partial charge on any atom is -0.497 e. The van der Waals surface area contributed by atoms with Gasteiger partial charge >= 0.3 is 0 Å². The fourth-order valence-corrected chi connectivity index (χ4v) is 2.15. The highest BCUT2D eigenvalue weighted by Gasteiger charge is 2.17. The Hall–Kier alpha value is -3.02. The van der Waals surface area contributed by atoms with Crippen LogP contribution in [0, 0.1) is 13.8 Å². The van der Waals surface area contributed by atoms with Crippen LogP contribution in [-0.4, -0.2) is 25.0 Å². The van der Waals surface area contributed by atoms with Crippen molar-refractivity contribution in [2.75, 3.05) is 7.11 Å². The van der Waals surface area contributed by atoms with Gasteiger partial charge in [0, 0.05) is 5.56 Å². The third-order valence-electron chi connectivity index (χ3n) is 3.86. The summed E-state index contributed by atoms with van der Waals surface area (Å²) < 4.78 is 10.7. The van der Waals surface area contributed by atoms with Crippen LogP contribution in [-0.2, 0) is 4.79 Å². The van der Waals surface area contributed by atoms with E-state index in [1.807, 2.05) is 26.0 Å². The highest BCUT2D eigenvalue weighted by atomic mass is 16.5. The minimum atomic E-state index is -0.758. The standard InChI is InChI=1S/C19H22N2O4/c1-12-7-5-10-17(13(12)2)25-14(3)18(22)20-21-19(23)15-8-6-9-16(11-15)24-4/h5-11,14H,1-4H3,(H,20,22)(H,21,23)/t14-/m1/s1. The Labute approximate surface area is 147 Å². The van der Waals surface area contributed by atoms with Gasteiger partial charge in [-0.05, 0) is 56.2 Å². The molecule has 0 bridgehead atoms. The highest BCUT2D eigenvalue weighted by Crippen LogP contribution is 2.21. The number of methoxy groups -OCH3 is 1. The lowest BCUT2D eigenvalue weighted by Gasteiger charge is -2.17. The Balaban J connectivity index is 1.92. The zero-order chi connectivity index (χ0) is 18.4. The van der Waals surface area contributed by atoms with Crippen LogP contribution in [0.3, 0.4) is 0 Å². The molecule has 1 atom stereocenters. The van der Waals surface area contributed by atoms with E-state index in [0.717, 1.165) is 11.1 Å². The molecule has 0 spiro atoms. The molecule has 25 heavy (non-hydrogen) atoms. The first kappa shape index (κ1) is 18.3. The lowest BCUT2D eigenvalue weighted by molar-refractivity contribution is -0.128. The number of benzene rings is 2. The second-order valence-electron chi connectivity index (χ2n) is 5.63. The van der Waals surface area contributed by atoms with Crippen molar-refractivity contribution in [3.8, 4) is 11.5 Å². The van der Waals surface area contributed by atoms with Gasteiger partial charge in [-0.1, -0.05) is 18.2 Å². The first-order chi connectivity index (χ1) is 11.9. The highest BCUT2D eigenvalue weighted by molar-refractivity contribution is 5.96. The van der Waals surface area contributed by atoms with E-state index in [4.69, 9.17) is 9.47 Å². The number of nitrogens with one attached hydrogen (secondary N) is 2. The van der Waals surface area contributed by atoms with Gasteiger partial charge in [0.05, 0.1) is 7.11 Å². The molecule has 0 aliphatic rings. The maximum absolute atomic E-state index is 12.1. The van der Waals surface area contributed by atoms with Crippen molar-refractivity contribution in [1.29, 1.82) is 0 Å². The molecule has 0 saturated carbocycles. The van der Waals surface area contributed by atoms with E-state index in [1.165, 1.54) is 7.11 Å². The number of carbonyl (C=O) groups is 2. The molecule has 0 aliphatic carbocycles. The van der Waals surface area contributed by atoms with Gasteiger partial charge in [-0.15, -0.1) is 0 Å². The lowest BCUT2D eigenvalue weighted by Crippen LogP contribution is -2.47. The molecule has 0 unspecified atom stereocenters. The fraction of sp³-hybridized carbons (Fsp3) is 0.263. The maximum atomic E-state index is 12.1. The van der Waals surface area contributed by atoms with Gasteiger partial charge in [-0.2, -0.15) is 0 Å². The Morgan fingerprint density at radius 2 is 1.76 bits per heavy atom. The SMILES string of the molecule is COc1cccc(C(=O)NNC(=O)[C@@H](C)Oc2cccc(C)c2C)c1. The average Bonchev–Trinajstić information content (AvgIpc) is 2.63. The number of hydrazine groups is 1. The summed E-state index contributed by atoms with van der Waals surface area (Å²) in [6.45, 7) is 5.52. The summed E-state index contributed by atoms with van der Waals surface area (Å²) in [7, 11) is 1.52. The molecule has 0 radical (unpaired) electrons. The Morgan fingerprint density at radius 3 is 2.48 bits per heavy atom. The topological polar surface area (TPSA) is 76.7 Å². The molecule has 0 saturated heterocycles. The molecule has 6 nitrogen and oxygen atoms in total. The molecule has 0 fully saturated rings. The molecule has 2 N–H and O–H groups in total. The number of ether oxygens (including phenoxy) is 2. The van der Waals surface area contributed by atoms with Crippen LogP contribution < -0.4 is 20.3 Å². The van der Waals surface area contributed by atoms with Crippen LogP contribution in [0.5, 0.6) is 11.5 Å². The zero-order valence-corrected chi connectivity index (χ0v) is 14.8. The van der Waals surface area contributed by atoms with E-state index in [-0.39, 0.29) is 0 Å². The molecule has 2 aromatic rings. The summed E-state index contributed by atoms with van der Waals surface area (Å²) in [5.41, 5.74) is 7.17. The van der Waals surface area contributed by atoms with Crippen molar-refractivity contribution in [3.05, 3.63) is 59.2 Å². The number of carbonyl (C=O) groups excluding carboxylic acids is 2. The second kappa shape index (κ2) is 8.19. The average molecular weight is 342 g/mol. The van der Waals surface area contributed by atoms with E-state index < -0.39 is 17.9 Å². The minimum absolute atomic E-state index is 0.378. The molecule has 0 aliphatic heterocycles. The molecule has 2 amide bonds. The zero-order valence-electron chi connectivity index (χ0n) is 14.8. The number of rotatable bonds is 5. The van der Waals surface area contributed by atoms with Crippen molar-refractivity contribution >= 4 is 11.8 Å². The summed E-state index contributed by atoms with van der Waals surface area (Å²) in [5.74, 6) is 0.315. The van der Waals surface area contributed by atoms with Crippen molar-refractivity contribution in [1.82, 2.24) is 10.9 Å². The van der Waals surface area contributed by atoms with Gasteiger partial charge in [0.1, 0.15) is 11.5 Å². The molecular weight excluding hydrogens is 320 g/mol. The molecule has 132 valence electrons. The Bertz CT molecular complexity index is 774. The van der Waals surface area contributed by atoms with E-state index in [9.17, 15) is 9.59 Å². The van der Waals surface area contributed by atoms with Crippen LogP contribution in [0.25, 0.3) is 0 Å². The number of hydrogen-bond acceptors (Lipinski definition) is 4. The van der Waals surface area contributed by atoms with Crippen molar-refractivity contribution < 1.29 is 19.1 Å². The third kappa shape index (κ3) is 4.73. The molecule has 2 rings (SSSR count). The van der Waals surface area contributed by atoms with E-state index in [2.05, 4.69) is 10.9 Å². The van der Waals surface area contributed by atoms with Crippen LogP contribution in [0.2, 0.25) is 0 Å². The first-order valence-electron chi connectivity index (χ1n) is 7.89. The van der Waals surface area contributed by atoms with Gasteiger partial charge in [-0.25, -0.2) is 0 Å². The number of hydrogen-bond donors (Lipinski definition) is 2. The smallest absolute Gasteiger partial charge is 0.279 e. The van der Waals surface area contributed by atoms with Crippen molar-refractivity contribution in [2.24, 2.45) is 0 Å². The van der Waals surface area contributed by atoms with Gasteiger partial charge in [0.2, 0.25) is 0 Å². The largest absolute Gasteiger partial charge is 0.497 e. The van der Waals surface area contributed by atoms with Gasteiger partial charge in [0.15, 0.2) is 6.10 Å². The monoisotopic (exact) mass is 342 g/mol. The molecule has 0 heterocycles. The summed E-state index contributed by atoms with van der Waals surface area (Å²) in [6, 6.07) is 12.3.